The van der Waals surface area contributed by atoms with Crippen molar-refractivity contribution in [1.29, 1.82) is 0 Å². The molecule has 0 radical (unpaired) electrons. The molecular formula is C38H54N2O10. The van der Waals surface area contributed by atoms with Crippen LogP contribution in [0.5, 0.6) is 34.5 Å². The first-order valence-corrected chi connectivity index (χ1v) is 16.6. The van der Waals surface area contributed by atoms with Crippen LogP contribution in [0, 0.1) is 17.8 Å². The molecule has 0 saturated heterocycles. The first-order chi connectivity index (χ1) is 23.4. The number of hydrogen-bond acceptors (Lipinski definition) is 10. The lowest BCUT2D eigenvalue weighted by atomic mass is 9.96. The number of phenolic OH excluding ortho intramolecular Hbond substituents is 6. The Labute approximate surface area is 294 Å². The minimum absolute atomic E-state index is 0.0845. The SMILES string of the molecule is CC(C)CNC(=O)Cc1ccc(O)c(O)c1.CC(C)CNC(=O)c1cc(O)c(O)c(O)c1.CC(C)COC(=O)CCC(C)c1ccc(O)cc1. The molecule has 276 valence electrons. The third-order valence-electron chi connectivity index (χ3n) is 6.94. The Hall–Kier alpha value is -5.13. The minimum Gasteiger partial charge on any atom is -0.508 e. The van der Waals surface area contributed by atoms with E-state index in [-0.39, 0.29) is 47.0 Å². The first-order valence-electron chi connectivity index (χ1n) is 16.6. The molecule has 12 heteroatoms. The third-order valence-corrected chi connectivity index (χ3v) is 6.94. The van der Waals surface area contributed by atoms with E-state index < -0.39 is 23.2 Å². The normalized spacial score (nSPS) is 11.2. The Kier molecular flexibility index (Phi) is 18.7. The molecule has 3 rings (SSSR count). The number of ether oxygens (including phenoxy) is 1. The maximum absolute atomic E-state index is 11.5. The van der Waals surface area contributed by atoms with Crippen molar-refractivity contribution in [3.63, 3.8) is 0 Å². The van der Waals surface area contributed by atoms with E-state index in [2.05, 4.69) is 17.6 Å². The zero-order valence-corrected chi connectivity index (χ0v) is 30.1. The number of phenols is 6. The van der Waals surface area contributed by atoms with Crippen LogP contribution in [-0.2, 0) is 20.7 Å². The average Bonchev–Trinajstić information content (AvgIpc) is 3.05. The molecule has 0 spiro atoms. The van der Waals surface area contributed by atoms with Crippen LogP contribution in [0.1, 0.15) is 88.7 Å². The molecule has 0 aliphatic rings. The second-order valence-electron chi connectivity index (χ2n) is 13.3. The van der Waals surface area contributed by atoms with Gasteiger partial charge in [-0.05, 0) is 77.6 Å². The van der Waals surface area contributed by atoms with Gasteiger partial charge >= 0.3 is 5.97 Å². The van der Waals surface area contributed by atoms with Crippen molar-refractivity contribution in [2.75, 3.05) is 19.7 Å². The zero-order chi connectivity index (χ0) is 38.0. The molecule has 3 aromatic rings. The van der Waals surface area contributed by atoms with E-state index >= 15 is 0 Å². The van der Waals surface area contributed by atoms with Gasteiger partial charge in [-0.25, -0.2) is 0 Å². The van der Waals surface area contributed by atoms with Crippen molar-refractivity contribution in [2.45, 2.75) is 73.6 Å². The van der Waals surface area contributed by atoms with E-state index in [1.54, 1.807) is 18.2 Å². The largest absolute Gasteiger partial charge is 0.508 e. The Bertz CT molecular complexity index is 1480. The zero-order valence-electron chi connectivity index (χ0n) is 30.1. The average molecular weight is 699 g/mol. The number of carbonyl (C=O) groups is 3. The topological polar surface area (TPSA) is 206 Å². The van der Waals surface area contributed by atoms with Crippen LogP contribution in [0.3, 0.4) is 0 Å². The molecule has 8 N–H and O–H groups in total. The molecule has 1 atom stereocenters. The number of carbonyl (C=O) groups excluding carboxylic acids is 3. The summed E-state index contributed by atoms with van der Waals surface area (Å²) in [4.78, 5) is 34.5. The van der Waals surface area contributed by atoms with E-state index in [0.29, 0.717) is 49.4 Å². The van der Waals surface area contributed by atoms with Gasteiger partial charge < -0.3 is 46.0 Å². The highest BCUT2D eigenvalue weighted by Gasteiger charge is 2.14. The van der Waals surface area contributed by atoms with Gasteiger partial charge in [-0.3, -0.25) is 14.4 Å². The maximum Gasteiger partial charge on any atom is 0.305 e. The fraction of sp³-hybridized carbons (Fsp3) is 0.447. The second-order valence-corrected chi connectivity index (χ2v) is 13.3. The van der Waals surface area contributed by atoms with Crippen molar-refractivity contribution in [3.05, 3.63) is 71.3 Å². The third kappa shape index (κ3) is 17.3. The molecule has 0 fully saturated rings. The number of benzene rings is 3. The van der Waals surface area contributed by atoms with Crippen molar-refractivity contribution >= 4 is 17.8 Å². The summed E-state index contributed by atoms with van der Waals surface area (Å²) in [7, 11) is 0. The van der Waals surface area contributed by atoms with Crippen LogP contribution in [0.15, 0.2) is 54.6 Å². The molecular weight excluding hydrogens is 644 g/mol. The number of amides is 2. The molecule has 3 aromatic carbocycles. The highest BCUT2D eigenvalue weighted by atomic mass is 16.5. The van der Waals surface area contributed by atoms with E-state index in [1.807, 2.05) is 53.7 Å². The van der Waals surface area contributed by atoms with Crippen molar-refractivity contribution < 1.29 is 49.8 Å². The van der Waals surface area contributed by atoms with Gasteiger partial charge in [0.2, 0.25) is 5.91 Å². The Morgan fingerprint density at radius 2 is 1.22 bits per heavy atom. The van der Waals surface area contributed by atoms with Crippen LogP contribution in [-0.4, -0.2) is 68.1 Å². The molecule has 0 saturated carbocycles. The standard InChI is InChI=1S/C15H22O3.C12H17NO3.C11H15NO4/c1-11(2)10-18-15(17)9-4-12(3)13-5-7-14(16)8-6-13;1-8(2)7-13-12(16)6-9-3-4-10(14)11(15)5-9;1-6(2)5-12-11(16)7-3-8(13)10(15)9(14)4-7/h5-8,11-12,16H,4,9-10H2,1-3H3;3-5,8,14-15H,6-7H2,1-2H3,(H,13,16);3-4,6,13-15H,5H2,1-2H3,(H,12,16). The highest BCUT2D eigenvalue weighted by molar-refractivity contribution is 5.95. The van der Waals surface area contributed by atoms with Crippen molar-refractivity contribution in [3.8, 4) is 34.5 Å². The molecule has 50 heavy (non-hydrogen) atoms. The molecule has 0 aliphatic heterocycles. The van der Waals surface area contributed by atoms with E-state index in [1.165, 1.54) is 12.1 Å². The van der Waals surface area contributed by atoms with Gasteiger partial charge in [0.25, 0.3) is 5.91 Å². The van der Waals surface area contributed by atoms with Crippen LogP contribution < -0.4 is 10.6 Å². The van der Waals surface area contributed by atoms with Gasteiger partial charge in [-0.1, -0.05) is 66.7 Å². The highest BCUT2D eigenvalue weighted by Crippen LogP contribution is 2.35. The molecule has 0 aliphatic carbocycles. The predicted octanol–water partition coefficient (Wildman–Crippen LogP) is 6.08. The summed E-state index contributed by atoms with van der Waals surface area (Å²) in [5.74, 6) is -0.999. The molecule has 12 nitrogen and oxygen atoms in total. The molecule has 1 unspecified atom stereocenters. The number of hydrogen-bond donors (Lipinski definition) is 8. The van der Waals surface area contributed by atoms with Crippen LogP contribution in [0.2, 0.25) is 0 Å². The molecule has 0 bridgehead atoms. The predicted molar refractivity (Wildman–Crippen MR) is 191 cm³/mol. The van der Waals surface area contributed by atoms with Crippen molar-refractivity contribution in [2.24, 2.45) is 17.8 Å². The number of esters is 1. The van der Waals surface area contributed by atoms with Gasteiger partial charge in [0.05, 0.1) is 13.0 Å². The van der Waals surface area contributed by atoms with Gasteiger partial charge in [-0.2, -0.15) is 0 Å². The van der Waals surface area contributed by atoms with Gasteiger partial charge in [-0.15, -0.1) is 0 Å². The lowest BCUT2D eigenvalue weighted by Crippen LogP contribution is -2.28. The monoisotopic (exact) mass is 698 g/mol. The summed E-state index contributed by atoms with van der Waals surface area (Å²) in [5, 5.41) is 60.5. The number of rotatable bonds is 13. The lowest BCUT2D eigenvalue weighted by Gasteiger charge is -2.12. The molecule has 2 amide bonds. The van der Waals surface area contributed by atoms with Crippen molar-refractivity contribution in [1.82, 2.24) is 10.6 Å². The first kappa shape index (κ1) is 42.9. The van der Waals surface area contributed by atoms with Gasteiger partial charge in [0, 0.05) is 25.1 Å². The Morgan fingerprint density at radius 1 is 0.660 bits per heavy atom. The molecule has 0 aromatic heterocycles. The van der Waals surface area contributed by atoms with Crippen LogP contribution in [0.4, 0.5) is 0 Å². The Balaban J connectivity index is 0.000000376. The summed E-state index contributed by atoms with van der Waals surface area (Å²) < 4.78 is 5.13. The number of aromatic hydroxyl groups is 6. The Morgan fingerprint density at radius 3 is 1.74 bits per heavy atom. The fourth-order valence-corrected chi connectivity index (χ4v) is 4.01. The summed E-state index contributed by atoms with van der Waals surface area (Å²) >= 11 is 0. The minimum atomic E-state index is -0.625. The fourth-order valence-electron chi connectivity index (χ4n) is 4.01. The smallest absolute Gasteiger partial charge is 0.305 e. The van der Waals surface area contributed by atoms with Gasteiger partial charge in [0.1, 0.15) is 5.75 Å². The summed E-state index contributed by atoms with van der Waals surface area (Å²) in [5.41, 5.74) is 1.91. The summed E-state index contributed by atoms with van der Waals surface area (Å²) in [6.45, 7) is 15.7. The summed E-state index contributed by atoms with van der Waals surface area (Å²) in [6.07, 6.45) is 1.41. The maximum atomic E-state index is 11.5. The van der Waals surface area contributed by atoms with Gasteiger partial charge in [0.15, 0.2) is 28.7 Å². The lowest BCUT2D eigenvalue weighted by molar-refractivity contribution is -0.144. The van der Waals surface area contributed by atoms with Crippen LogP contribution >= 0.6 is 0 Å². The molecule has 0 heterocycles. The van der Waals surface area contributed by atoms with E-state index in [9.17, 15) is 34.8 Å². The number of nitrogens with one attached hydrogen (secondary N) is 2. The van der Waals surface area contributed by atoms with Crippen LogP contribution in [0.25, 0.3) is 0 Å². The second kappa shape index (κ2) is 21.8. The van der Waals surface area contributed by atoms with E-state index in [0.717, 1.165) is 24.1 Å². The quantitative estimate of drug-likeness (QED) is 0.0763. The van der Waals surface area contributed by atoms with E-state index in [4.69, 9.17) is 14.9 Å². The summed E-state index contributed by atoms with van der Waals surface area (Å²) in [6, 6.07) is 13.7.